The molecule has 2 saturated heterocycles. The van der Waals surface area contributed by atoms with E-state index in [1.165, 1.54) is 0 Å². The van der Waals surface area contributed by atoms with Crippen LogP contribution in [0.1, 0.15) is 42.0 Å². The van der Waals surface area contributed by atoms with Gasteiger partial charge in [0.15, 0.2) is 13.9 Å². The third-order valence-electron chi connectivity index (χ3n) is 10.6. The minimum Gasteiger partial charge on any atom is -0.432 e. The van der Waals surface area contributed by atoms with E-state index in [2.05, 4.69) is 15.9 Å². The Labute approximate surface area is 284 Å². The minimum atomic E-state index is -2.98. The van der Waals surface area contributed by atoms with Gasteiger partial charge in [0.05, 0.1) is 37.4 Å². The first-order valence-electron chi connectivity index (χ1n) is 16.3. The molecule has 3 aromatic rings. The van der Waals surface area contributed by atoms with E-state index in [1.807, 2.05) is 86.7 Å². The summed E-state index contributed by atoms with van der Waals surface area (Å²) >= 11 is 3.61. The van der Waals surface area contributed by atoms with Crippen LogP contribution in [0.4, 0.5) is 11.4 Å². The maximum Gasteiger partial charge on any atom is 0.264 e. The Hall–Kier alpha value is -3.35. The van der Waals surface area contributed by atoms with Gasteiger partial charge in [-0.25, -0.2) is 0 Å². The Balaban J connectivity index is 1.20. The second kappa shape index (κ2) is 12.0. The molecule has 0 saturated carbocycles. The summed E-state index contributed by atoms with van der Waals surface area (Å²) in [6, 6.07) is 21.1. The highest BCUT2D eigenvalue weighted by Gasteiger charge is 2.66. The molecule has 0 unspecified atom stereocenters. The molecule has 2 N–H and O–H groups in total. The minimum absolute atomic E-state index is 0.000285. The Kier molecular flexibility index (Phi) is 8.19. The number of hydrogen-bond acceptors (Lipinski definition) is 6. The molecule has 4 heterocycles. The fourth-order valence-electron chi connectivity index (χ4n) is 8.29. The van der Waals surface area contributed by atoms with Gasteiger partial charge < -0.3 is 29.3 Å². The van der Waals surface area contributed by atoms with Crippen LogP contribution in [-0.2, 0) is 44.2 Å². The number of nitrogens with zero attached hydrogens (tertiary/aromatic N) is 3. The Morgan fingerprint density at radius 1 is 1.06 bits per heavy atom. The van der Waals surface area contributed by atoms with Crippen LogP contribution >= 0.6 is 15.9 Å². The van der Waals surface area contributed by atoms with Gasteiger partial charge in [0.1, 0.15) is 0 Å². The van der Waals surface area contributed by atoms with Crippen LogP contribution < -0.4 is 9.80 Å². The third-order valence-corrected chi connectivity index (χ3v) is 13.6. The lowest BCUT2D eigenvalue weighted by atomic mass is 9.82. The zero-order valence-corrected chi connectivity index (χ0v) is 29.4. The van der Waals surface area contributed by atoms with E-state index >= 15 is 0 Å². The summed E-state index contributed by atoms with van der Waals surface area (Å²) in [5.41, 5.74) is 3.63. The van der Waals surface area contributed by atoms with E-state index in [0.717, 1.165) is 38.1 Å². The zero-order valence-electron chi connectivity index (χ0n) is 26.9. The molecule has 0 radical (unpaired) electrons. The Bertz CT molecular complexity index is 1750. The Morgan fingerprint density at radius 3 is 2.43 bits per heavy atom. The van der Waals surface area contributed by atoms with Crippen LogP contribution in [0.15, 0.2) is 71.2 Å². The fraction of sp³-hybridized carbons (Fsp3) is 0.417. The van der Waals surface area contributed by atoms with Crippen LogP contribution in [-0.4, -0.2) is 66.1 Å². The van der Waals surface area contributed by atoms with Crippen molar-refractivity contribution in [3.63, 3.8) is 0 Å². The molecule has 4 aliphatic heterocycles. The normalized spacial score (nSPS) is 26.9. The summed E-state index contributed by atoms with van der Waals surface area (Å²) in [5, 5.41) is 10.2. The Morgan fingerprint density at radius 2 is 1.79 bits per heavy atom. The second-order valence-corrected chi connectivity index (χ2v) is 18.8. The molecule has 0 aliphatic carbocycles. The number of hydrogen-bond donors (Lipinski definition) is 2. The number of amides is 3. The molecular formula is C36H40BrN3O6Si. The summed E-state index contributed by atoms with van der Waals surface area (Å²) in [4.78, 5) is 57.7. The van der Waals surface area contributed by atoms with Crippen molar-refractivity contribution in [1.29, 1.82) is 0 Å². The number of rotatable bonds is 7. The summed E-state index contributed by atoms with van der Waals surface area (Å²) in [7, 11) is -2.98. The molecular weight excluding hydrogens is 678 g/mol. The molecule has 0 aromatic heterocycles. The van der Waals surface area contributed by atoms with E-state index in [4.69, 9.17) is 4.74 Å². The molecule has 3 amide bonds. The van der Waals surface area contributed by atoms with Gasteiger partial charge in [-0.1, -0.05) is 59.3 Å². The molecule has 9 nitrogen and oxygen atoms in total. The number of carbonyl (C=O) groups excluding carboxylic acids is 3. The SMILES string of the molecule is C[C@H]1[C@H]([Si](C)(C)O)[C@@H](CC(=O)N2Cc3ccccc3C[C@H]2CO)O[C@]12C(=O)N(Cc1ccc(N3CCC3=O)cc1)c1ccc(Br)cc12. The maximum atomic E-state index is 14.8. The van der Waals surface area contributed by atoms with Gasteiger partial charge in [0.25, 0.3) is 5.91 Å². The molecule has 1 spiro atoms. The number of ether oxygens (including phenoxy) is 1. The number of aliphatic hydroxyl groups is 1. The molecule has 5 atom stereocenters. The van der Waals surface area contributed by atoms with E-state index in [0.29, 0.717) is 32.5 Å². The van der Waals surface area contributed by atoms with Gasteiger partial charge in [0, 0.05) is 46.7 Å². The first-order chi connectivity index (χ1) is 22.4. The molecule has 11 heteroatoms. The van der Waals surface area contributed by atoms with Crippen molar-refractivity contribution in [2.45, 2.75) is 75.7 Å². The van der Waals surface area contributed by atoms with Crippen molar-refractivity contribution in [3.8, 4) is 0 Å². The molecule has 246 valence electrons. The molecule has 7 rings (SSSR count). The number of β-lactam (4-membered cyclic amide) rings is 1. The van der Waals surface area contributed by atoms with Gasteiger partial charge in [-0.2, -0.15) is 0 Å². The third kappa shape index (κ3) is 5.36. The lowest BCUT2D eigenvalue weighted by Gasteiger charge is -2.37. The van der Waals surface area contributed by atoms with Gasteiger partial charge in [-0.05, 0) is 66.5 Å². The van der Waals surface area contributed by atoms with Crippen molar-refractivity contribution in [3.05, 3.63) is 93.5 Å². The largest absolute Gasteiger partial charge is 0.432 e. The average Bonchev–Trinajstić information content (AvgIpc) is 3.46. The van der Waals surface area contributed by atoms with Crippen LogP contribution in [0.2, 0.25) is 18.6 Å². The van der Waals surface area contributed by atoms with Crippen molar-refractivity contribution in [2.75, 3.05) is 23.0 Å². The van der Waals surface area contributed by atoms with Gasteiger partial charge in [-0.15, -0.1) is 0 Å². The maximum absolute atomic E-state index is 14.8. The summed E-state index contributed by atoms with van der Waals surface area (Å²) < 4.78 is 7.72. The van der Waals surface area contributed by atoms with E-state index in [-0.39, 0.29) is 36.8 Å². The number of anilines is 2. The van der Waals surface area contributed by atoms with Crippen molar-refractivity contribution < 1.29 is 29.0 Å². The van der Waals surface area contributed by atoms with E-state index in [1.54, 1.807) is 14.7 Å². The molecule has 4 aliphatic rings. The number of fused-ring (bicyclic) bond motifs is 3. The predicted molar refractivity (Wildman–Crippen MR) is 184 cm³/mol. The van der Waals surface area contributed by atoms with Gasteiger partial charge >= 0.3 is 0 Å². The number of aliphatic hydroxyl groups excluding tert-OH is 1. The summed E-state index contributed by atoms with van der Waals surface area (Å²) in [5.74, 6) is -0.670. The summed E-state index contributed by atoms with van der Waals surface area (Å²) in [6.45, 7) is 6.93. The average molecular weight is 719 g/mol. The highest BCUT2D eigenvalue weighted by atomic mass is 79.9. The molecule has 3 aromatic carbocycles. The number of halogens is 1. The first-order valence-corrected chi connectivity index (χ1v) is 20.1. The molecule has 2 fully saturated rings. The monoisotopic (exact) mass is 717 g/mol. The second-order valence-electron chi connectivity index (χ2n) is 13.9. The van der Waals surface area contributed by atoms with E-state index < -0.39 is 31.5 Å². The van der Waals surface area contributed by atoms with E-state index in [9.17, 15) is 24.3 Å². The highest BCUT2D eigenvalue weighted by Crippen LogP contribution is 2.60. The molecule has 47 heavy (non-hydrogen) atoms. The van der Waals surface area contributed by atoms with Crippen molar-refractivity contribution in [1.82, 2.24) is 4.90 Å². The fourth-order valence-corrected chi connectivity index (χ4v) is 11.2. The molecule has 0 bridgehead atoms. The standard InChI is InChI=1S/C36H40BrN3O6Si/c1-22-34(47(2,3)45)31(18-33(43)39-20-25-7-5-4-6-24(25)16-28(39)21-41)46-36(22)29-17-26(37)10-13-30(29)40(35(36)44)19-23-8-11-27(12-9-23)38-15-14-32(38)42/h4-13,17,22,28,31,34,41,45H,14-16,18-21H2,1-3H3/t22-,28-,31+,34-,36+/m0/s1. The predicted octanol–water partition coefficient (Wildman–Crippen LogP) is 4.87. The zero-order chi connectivity index (χ0) is 33.2. The van der Waals surface area contributed by atoms with Crippen LogP contribution in [0.25, 0.3) is 0 Å². The lowest BCUT2D eigenvalue weighted by molar-refractivity contribution is -0.151. The van der Waals surface area contributed by atoms with Crippen LogP contribution in [0.5, 0.6) is 0 Å². The lowest BCUT2D eigenvalue weighted by Crippen LogP contribution is -2.48. The number of carbonyl (C=O) groups is 3. The van der Waals surface area contributed by atoms with Crippen LogP contribution in [0, 0.1) is 5.92 Å². The number of benzene rings is 3. The van der Waals surface area contributed by atoms with Gasteiger partial charge in [-0.3, -0.25) is 14.4 Å². The topological polar surface area (TPSA) is 111 Å². The smallest absolute Gasteiger partial charge is 0.264 e. The highest BCUT2D eigenvalue weighted by molar-refractivity contribution is 9.10. The quantitative estimate of drug-likeness (QED) is 0.267. The van der Waals surface area contributed by atoms with Crippen molar-refractivity contribution >= 4 is 53.3 Å². The summed E-state index contributed by atoms with van der Waals surface area (Å²) in [6.07, 6.45) is 0.438. The van der Waals surface area contributed by atoms with Crippen LogP contribution in [0.3, 0.4) is 0 Å². The van der Waals surface area contributed by atoms with Crippen molar-refractivity contribution in [2.24, 2.45) is 5.92 Å². The first kappa shape index (κ1) is 32.2. The van der Waals surface area contributed by atoms with Gasteiger partial charge in [0.2, 0.25) is 11.8 Å².